The Morgan fingerprint density at radius 3 is 2.82 bits per heavy atom. The summed E-state index contributed by atoms with van der Waals surface area (Å²) < 4.78 is 5.25. The van der Waals surface area contributed by atoms with E-state index >= 15 is 0 Å². The van der Waals surface area contributed by atoms with Crippen molar-refractivity contribution in [2.45, 2.75) is 19.4 Å². The van der Waals surface area contributed by atoms with E-state index in [9.17, 15) is 0 Å². The highest BCUT2D eigenvalue weighted by molar-refractivity contribution is 5.30. The van der Waals surface area contributed by atoms with Gasteiger partial charge in [0.05, 0.1) is 7.11 Å². The fourth-order valence-corrected chi connectivity index (χ4v) is 1.85. The van der Waals surface area contributed by atoms with Crippen LogP contribution in [0.15, 0.2) is 24.3 Å². The number of hydrogen-bond acceptors (Lipinski definition) is 3. The highest BCUT2D eigenvalue weighted by atomic mass is 16.5. The van der Waals surface area contributed by atoms with Gasteiger partial charge in [-0.2, -0.15) is 0 Å². The highest BCUT2D eigenvalue weighted by Crippen LogP contribution is 2.22. The van der Waals surface area contributed by atoms with Crippen molar-refractivity contribution < 1.29 is 4.74 Å². The molecule has 1 unspecified atom stereocenters. The summed E-state index contributed by atoms with van der Waals surface area (Å²) in [6.45, 7) is 4.39. The molecule has 0 aliphatic rings. The molecule has 3 heteroatoms. The summed E-state index contributed by atoms with van der Waals surface area (Å²) in [7, 11) is 5.87. The van der Waals surface area contributed by atoms with Gasteiger partial charge in [-0.1, -0.05) is 12.1 Å². The van der Waals surface area contributed by atoms with E-state index in [1.165, 1.54) is 12.0 Å². The minimum Gasteiger partial charge on any atom is -0.497 e. The summed E-state index contributed by atoms with van der Waals surface area (Å²) in [5, 5.41) is 3.17. The lowest BCUT2D eigenvalue weighted by Gasteiger charge is -2.25. The van der Waals surface area contributed by atoms with Crippen LogP contribution in [0.3, 0.4) is 0 Å². The van der Waals surface area contributed by atoms with Crippen LogP contribution in [0.5, 0.6) is 5.75 Å². The summed E-state index contributed by atoms with van der Waals surface area (Å²) in [5.74, 6) is 0.929. The third kappa shape index (κ3) is 4.36. The topological polar surface area (TPSA) is 24.5 Å². The number of ether oxygens (including phenoxy) is 1. The third-order valence-corrected chi connectivity index (χ3v) is 3.17. The minimum atomic E-state index is 0.418. The number of nitrogens with one attached hydrogen (secondary N) is 1. The average molecular weight is 236 g/mol. The standard InChI is InChI=1S/C14H24N2O/c1-12(16(3)10-6-9-15-2)13-7-5-8-14(11-13)17-4/h5,7-8,11-12,15H,6,9-10H2,1-4H3. The van der Waals surface area contributed by atoms with Gasteiger partial charge in [0, 0.05) is 6.04 Å². The lowest BCUT2D eigenvalue weighted by molar-refractivity contribution is 0.257. The van der Waals surface area contributed by atoms with Gasteiger partial charge in [0.2, 0.25) is 0 Å². The third-order valence-electron chi connectivity index (χ3n) is 3.17. The smallest absolute Gasteiger partial charge is 0.119 e. The Kier molecular flexibility index (Phi) is 6.01. The van der Waals surface area contributed by atoms with Gasteiger partial charge in [-0.25, -0.2) is 0 Å². The van der Waals surface area contributed by atoms with Crippen molar-refractivity contribution in [3.8, 4) is 5.75 Å². The predicted octanol–water partition coefficient (Wildman–Crippen LogP) is 2.30. The Balaban J connectivity index is 2.57. The Bertz CT molecular complexity index is 328. The zero-order valence-corrected chi connectivity index (χ0v) is 11.4. The van der Waals surface area contributed by atoms with Crippen molar-refractivity contribution in [1.82, 2.24) is 10.2 Å². The van der Waals surface area contributed by atoms with Gasteiger partial charge in [0.25, 0.3) is 0 Å². The Morgan fingerprint density at radius 1 is 1.41 bits per heavy atom. The van der Waals surface area contributed by atoms with Crippen LogP contribution in [-0.2, 0) is 0 Å². The fourth-order valence-electron chi connectivity index (χ4n) is 1.85. The molecule has 1 atom stereocenters. The summed E-state index contributed by atoms with van der Waals surface area (Å²) in [4.78, 5) is 2.37. The fraction of sp³-hybridized carbons (Fsp3) is 0.571. The van der Waals surface area contributed by atoms with Crippen molar-refractivity contribution in [2.24, 2.45) is 0 Å². The maximum atomic E-state index is 5.25. The van der Waals surface area contributed by atoms with Crippen molar-refractivity contribution in [3.63, 3.8) is 0 Å². The molecule has 1 aromatic rings. The molecule has 0 aliphatic heterocycles. The number of hydrogen-bond donors (Lipinski definition) is 1. The normalized spacial score (nSPS) is 12.8. The van der Waals surface area contributed by atoms with Gasteiger partial charge in [0.15, 0.2) is 0 Å². The highest BCUT2D eigenvalue weighted by Gasteiger charge is 2.11. The monoisotopic (exact) mass is 236 g/mol. The lowest BCUT2D eigenvalue weighted by atomic mass is 10.1. The second-order valence-electron chi connectivity index (χ2n) is 4.39. The second kappa shape index (κ2) is 7.30. The zero-order valence-electron chi connectivity index (χ0n) is 11.4. The van der Waals surface area contributed by atoms with Crippen LogP contribution in [-0.4, -0.2) is 39.2 Å². The Hall–Kier alpha value is -1.06. The van der Waals surface area contributed by atoms with Gasteiger partial charge in [-0.05, 0) is 58.2 Å². The molecule has 96 valence electrons. The van der Waals surface area contributed by atoms with E-state index in [4.69, 9.17) is 4.74 Å². The quantitative estimate of drug-likeness (QED) is 0.735. The molecule has 0 aromatic heterocycles. The maximum Gasteiger partial charge on any atom is 0.119 e. The Labute approximate surface area is 105 Å². The molecule has 0 fully saturated rings. The number of methoxy groups -OCH3 is 1. The molecule has 0 amide bonds. The summed E-state index contributed by atoms with van der Waals surface area (Å²) in [6, 6.07) is 8.71. The average Bonchev–Trinajstić information content (AvgIpc) is 2.38. The van der Waals surface area contributed by atoms with Crippen LogP contribution in [0.25, 0.3) is 0 Å². The van der Waals surface area contributed by atoms with E-state index in [1.54, 1.807) is 7.11 Å². The molecule has 0 saturated carbocycles. The molecule has 0 radical (unpaired) electrons. The molecular formula is C14H24N2O. The van der Waals surface area contributed by atoms with Crippen LogP contribution in [0.1, 0.15) is 24.9 Å². The van der Waals surface area contributed by atoms with E-state index in [1.807, 2.05) is 19.2 Å². The molecule has 1 aromatic carbocycles. The molecule has 3 nitrogen and oxygen atoms in total. The zero-order chi connectivity index (χ0) is 12.7. The second-order valence-corrected chi connectivity index (χ2v) is 4.39. The molecule has 0 saturated heterocycles. The van der Waals surface area contributed by atoms with E-state index in [0.29, 0.717) is 6.04 Å². The number of rotatable bonds is 7. The van der Waals surface area contributed by atoms with Gasteiger partial charge in [-0.15, -0.1) is 0 Å². The first-order valence-corrected chi connectivity index (χ1v) is 6.17. The number of nitrogens with zero attached hydrogens (tertiary/aromatic N) is 1. The largest absolute Gasteiger partial charge is 0.497 e. The first-order valence-electron chi connectivity index (χ1n) is 6.17. The van der Waals surface area contributed by atoms with Gasteiger partial charge < -0.3 is 10.1 Å². The maximum absolute atomic E-state index is 5.25. The van der Waals surface area contributed by atoms with Gasteiger partial charge in [0.1, 0.15) is 5.75 Å². The Morgan fingerprint density at radius 2 is 2.18 bits per heavy atom. The molecular weight excluding hydrogens is 212 g/mol. The van der Waals surface area contributed by atoms with Crippen molar-refractivity contribution in [3.05, 3.63) is 29.8 Å². The number of benzene rings is 1. The lowest BCUT2D eigenvalue weighted by Crippen LogP contribution is -2.25. The molecule has 17 heavy (non-hydrogen) atoms. The van der Waals surface area contributed by atoms with Crippen LogP contribution < -0.4 is 10.1 Å². The van der Waals surface area contributed by atoms with E-state index in [0.717, 1.165) is 18.8 Å². The summed E-state index contributed by atoms with van der Waals surface area (Å²) in [6.07, 6.45) is 1.17. The molecule has 1 N–H and O–H groups in total. The molecule has 0 aliphatic carbocycles. The van der Waals surface area contributed by atoms with Gasteiger partial charge in [-0.3, -0.25) is 4.90 Å². The van der Waals surface area contributed by atoms with Crippen LogP contribution in [0.4, 0.5) is 0 Å². The van der Waals surface area contributed by atoms with Crippen LogP contribution >= 0.6 is 0 Å². The van der Waals surface area contributed by atoms with E-state index < -0.39 is 0 Å². The predicted molar refractivity (Wildman–Crippen MR) is 72.6 cm³/mol. The van der Waals surface area contributed by atoms with E-state index in [2.05, 4.69) is 36.3 Å². The molecule has 0 spiro atoms. The molecule has 1 rings (SSSR count). The summed E-state index contributed by atoms with van der Waals surface area (Å²) >= 11 is 0. The first-order chi connectivity index (χ1) is 8.19. The van der Waals surface area contributed by atoms with Crippen molar-refractivity contribution in [1.29, 1.82) is 0 Å². The molecule has 0 heterocycles. The van der Waals surface area contributed by atoms with Crippen molar-refractivity contribution >= 4 is 0 Å². The SMILES string of the molecule is CNCCCN(C)C(C)c1cccc(OC)c1. The summed E-state index contributed by atoms with van der Waals surface area (Å²) in [5.41, 5.74) is 1.30. The van der Waals surface area contributed by atoms with E-state index in [-0.39, 0.29) is 0 Å². The van der Waals surface area contributed by atoms with Crippen molar-refractivity contribution in [2.75, 3.05) is 34.3 Å². The van der Waals surface area contributed by atoms with Crippen LogP contribution in [0, 0.1) is 0 Å². The first kappa shape index (κ1) is 14.0. The van der Waals surface area contributed by atoms with Crippen LogP contribution in [0.2, 0.25) is 0 Å². The molecule has 0 bridgehead atoms. The van der Waals surface area contributed by atoms with Gasteiger partial charge >= 0.3 is 0 Å². The minimum absolute atomic E-state index is 0.418.